The Morgan fingerprint density at radius 2 is 1.59 bits per heavy atom. The molecule has 1 aromatic carbocycles. The van der Waals surface area contributed by atoms with Crippen molar-refractivity contribution in [1.29, 1.82) is 0 Å². The topological polar surface area (TPSA) is 113 Å². The lowest BCUT2D eigenvalue weighted by Crippen LogP contribution is -2.20. The van der Waals surface area contributed by atoms with Crippen molar-refractivity contribution in [1.82, 2.24) is 0 Å². The van der Waals surface area contributed by atoms with Gasteiger partial charge in [-0.2, -0.15) is 0 Å². The summed E-state index contributed by atoms with van der Waals surface area (Å²) in [5.74, 6) is -0.476. The Hall–Kier alpha value is -2.51. The molecule has 118 valence electrons. The van der Waals surface area contributed by atoms with Crippen LogP contribution in [0.25, 0.3) is 0 Å². The molecule has 1 saturated carbocycles. The molecule has 1 aliphatic rings. The van der Waals surface area contributed by atoms with Gasteiger partial charge >= 0.3 is 5.97 Å². The lowest BCUT2D eigenvalue weighted by atomic mass is 9.89. The number of carbonyl (C=O) groups is 1. The molecule has 0 aliphatic heterocycles. The highest BCUT2D eigenvalue weighted by Gasteiger charge is 2.23. The number of rotatable bonds is 5. The lowest BCUT2D eigenvalue weighted by Gasteiger charge is -2.19. The van der Waals surface area contributed by atoms with E-state index in [1.165, 1.54) is 12.1 Å². The summed E-state index contributed by atoms with van der Waals surface area (Å²) in [6, 6.07) is 3.24. The normalized spacial score (nSPS) is 15.3. The average molecular weight is 308 g/mol. The fourth-order valence-corrected chi connectivity index (χ4v) is 2.56. The third kappa shape index (κ3) is 4.00. The zero-order valence-corrected chi connectivity index (χ0v) is 11.9. The summed E-state index contributed by atoms with van der Waals surface area (Å²) in [6.07, 6.45) is 4.66. The molecular weight excluding hydrogens is 292 g/mol. The molecule has 22 heavy (non-hydrogen) atoms. The molecule has 0 amide bonds. The van der Waals surface area contributed by atoms with Crippen LogP contribution >= 0.6 is 0 Å². The second-order valence-electron chi connectivity index (χ2n) is 5.31. The van der Waals surface area contributed by atoms with Crippen LogP contribution in [-0.2, 0) is 16.1 Å². The minimum atomic E-state index is -0.709. The molecule has 0 heterocycles. The van der Waals surface area contributed by atoms with Crippen molar-refractivity contribution in [3.8, 4) is 0 Å². The molecule has 0 saturated heterocycles. The van der Waals surface area contributed by atoms with Gasteiger partial charge in [-0.25, -0.2) is 0 Å². The number of benzene rings is 1. The van der Waals surface area contributed by atoms with Crippen molar-refractivity contribution < 1.29 is 19.4 Å². The molecule has 0 atom stereocenters. The molecule has 1 aliphatic carbocycles. The van der Waals surface area contributed by atoms with E-state index < -0.39 is 21.2 Å². The van der Waals surface area contributed by atoms with Crippen LogP contribution in [0.3, 0.4) is 0 Å². The monoisotopic (exact) mass is 308 g/mol. The van der Waals surface area contributed by atoms with E-state index in [0.29, 0.717) is 0 Å². The highest BCUT2D eigenvalue weighted by Crippen LogP contribution is 2.26. The predicted molar refractivity (Wildman–Crippen MR) is 76.1 cm³/mol. The molecular formula is C14H16N2O6. The van der Waals surface area contributed by atoms with Crippen LogP contribution in [0.2, 0.25) is 0 Å². The minimum Gasteiger partial charge on any atom is -0.461 e. The molecule has 0 N–H and O–H groups in total. The predicted octanol–water partition coefficient (Wildman–Crippen LogP) is 3.13. The molecule has 0 bridgehead atoms. The highest BCUT2D eigenvalue weighted by molar-refractivity contribution is 5.72. The molecule has 8 nitrogen and oxygen atoms in total. The third-order valence-electron chi connectivity index (χ3n) is 3.70. The van der Waals surface area contributed by atoms with E-state index in [9.17, 15) is 25.0 Å². The van der Waals surface area contributed by atoms with Crippen LogP contribution in [0.15, 0.2) is 18.2 Å². The van der Waals surface area contributed by atoms with Crippen molar-refractivity contribution in [2.24, 2.45) is 5.92 Å². The van der Waals surface area contributed by atoms with Crippen LogP contribution in [-0.4, -0.2) is 15.8 Å². The standard InChI is InChI=1S/C14H16N2O6/c17-14(11-4-2-1-3-5-11)22-9-10-6-12(15(18)19)8-13(7-10)16(20)21/h6-8,11H,1-5,9H2. The first kappa shape index (κ1) is 15.9. The first-order chi connectivity index (χ1) is 10.5. The van der Waals surface area contributed by atoms with Crippen LogP contribution in [0.1, 0.15) is 37.7 Å². The number of hydrogen-bond acceptors (Lipinski definition) is 6. The van der Waals surface area contributed by atoms with Gasteiger partial charge in [0.25, 0.3) is 11.4 Å². The van der Waals surface area contributed by atoms with Gasteiger partial charge in [-0.1, -0.05) is 19.3 Å². The Bertz CT molecular complexity index is 563. The number of nitro groups is 2. The summed E-state index contributed by atoms with van der Waals surface area (Å²) >= 11 is 0. The molecule has 2 rings (SSSR count). The Morgan fingerprint density at radius 3 is 2.09 bits per heavy atom. The second kappa shape index (κ2) is 6.97. The number of esters is 1. The average Bonchev–Trinajstić information content (AvgIpc) is 2.53. The molecule has 8 heteroatoms. The maximum absolute atomic E-state index is 11.9. The van der Waals surface area contributed by atoms with Gasteiger partial charge < -0.3 is 4.74 Å². The summed E-state index contributed by atoms with van der Waals surface area (Å²) in [7, 11) is 0. The maximum Gasteiger partial charge on any atom is 0.309 e. The smallest absolute Gasteiger partial charge is 0.309 e. The Balaban J connectivity index is 2.06. The van der Waals surface area contributed by atoms with Crippen molar-refractivity contribution in [3.63, 3.8) is 0 Å². The number of nitro benzene ring substituents is 2. The minimum absolute atomic E-state index is 0.137. The zero-order valence-electron chi connectivity index (χ0n) is 11.9. The largest absolute Gasteiger partial charge is 0.461 e. The van der Waals surface area contributed by atoms with Gasteiger partial charge in [0, 0.05) is 17.7 Å². The summed E-state index contributed by atoms with van der Waals surface area (Å²) < 4.78 is 5.15. The maximum atomic E-state index is 11.9. The first-order valence-electron chi connectivity index (χ1n) is 7.07. The summed E-state index contributed by atoms with van der Waals surface area (Å²) in [5, 5.41) is 21.6. The summed E-state index contributed by atoms with van der Waals surface area (Å²) in [6.45, 7) is -0.197. The first-order valence-corrected chi connectivity index (χ1v) is 7.07. The van der Waals surface area contributed by atoms with Crippen molar-refractivity contribution in [2.45, 2.75) is 38.7 Å². The number of non-ortho nitro benzene ring substituents is 2. The molecule has 0 spiro atoms. The lowest BCUT2D eigenvalue weighted by molar-refractivity contribution is -0.394. The van der Waals surface area contributed by atoms with Crippen molar-refractivity contribution in [2.75, 3.05) is 0 Å². The highest BCUT2D eigenvalue weighted by atomic mass is 16.6. The number of ether oxygens (including phenoxy) is 1. The summed E-state index contributed by atoms with van der Waals surface area (Å²) in [4.78, 5) is 32.1. The third-order valence-corrected chi connectivity index (χ3v) is 3.70. The second-order valence-corrected chi connectivity index (χ2v) is 5.31. The van der Waals surface area contributed by atoms with E-state index in [-0.39, 0.29) is 24.1 Å². The quantitative estimate of drug-likeness (QED) is 0.469. The molecule has 1 aromatic rings. The Kier molecular flexibility index (Phi) is 5.03. The van der Waals surface area contributed by atoms with Crippen LogP contribution in [0.5, 0.6) is 0 Å². The summed E-state index contributed by atoms with van der Waals surface area (Å²) in [5.41, 5.74) is -0.541. The number of carbonyl (C=O) groups excluding carboxylic acids is 1. The van der Waals surface area contributed by atoms with Gasteiger partial charge in [0.2, 0.25) is 0 Å². The van der Waals surface area contributed by atoms with E-state index in [1.54, 1.807) is 0 Å². The van der Waals surface area contributed by atoms with Gasteiger partial charge in [0.15, 0.2) is 0 Å². The van der Waals surface area contributed by atoms with E-state index in [4.69, 9.17) is 4.74 Å². The molecule has 0 unspecified atom stereocenters. The fourth-order valence-electron chi connectivity index (χ4n) is 2.56. The Labute approximate surface area is 126 Å². The van der Waals surface area contributed by atoms with E-state index in [0.717, 1.165) is 38.2 Å². The number of hydrogen-bond donors (Lipinski definition) is 0. The van der Waals surface area contributed by atoms with Crippen LogP contribution in [0, 0.1) is 26.1 Å². The van der Waals surface area contributed by atoms with Gasteiger partial charge in [0.05, 0.1) is 21.8 Å². The van der Waals surface area contributed by atoms with Crippen molar-refractivity contribution >= 4 is 17.3 Å². The van der Waals surface area contributed by atoms with Crippen LogP contribution < -0.4 is 0 Å². The Morgan fingerprint density at radius 1 is 1.05 bits per heavy atom. The fraction of sp³-hybridized carbons (Fsp3) is 0.500. The molecule has 1 fully saturated rings. The van der Waals surface area contributed by atoms with E-state index in [2.05, 4.69) is 0 Å². The SMILES string of the molecule is O=C(OCc1cc([N+](=O)[O-])cc([N+](=O)[O-])c1)C1CCCCC1. The molecule has 0 aromatic heterocycles. The van der Waals surface area contributed by atoms with Gasteiger partial charge in [0.1, 0.15) is 6.61 Å². The van der Waals surface area contributed by atoms with Gasteiger partial charge in [-0.3, -0.25) is 25.0 Å². The van der Waals surface area contributed by atoms with Crippen molar-refractivity contribution in [3.05, 3.63) is 44.0 Å². The van der Waals surface area contributed by atoms with E-state index >= 15 is 0 Å². The van der Waals surface area contributed by atoms with E-state index in [1.807, 2.05) is 0 Å². The number of nitrogens with zero attached hydrogens (tertiary/aromatic N) is 2. The van der Waals surface area contributed by atoms with Gasteiger partial charge in [-0.05, 0) is 12.8 Å². The molecule has 0 radical (unpaired) electrons. The zero-order chi connectivity index (χ0) is 16.1. The van der Waals surface area contributed by atoms with Gasteiger partial charge in [-0.15, -0.1) is 0 Å². The van der Waals surface area contributed by atoms with Crippen LogP contribution in [0.4, 0.5) is 11.4 Å².